The Labute approximate surface area is 114 Å². The van der Waals surface area contributed by atoms with Crippen molar-refractivity contribution < 1.29 is 0 Å². The van der Waals surface area contributed by atoms with Crippen LogP contribution in [-0.4, -0.2) is 16.0 Å². The van der Waals surface area contributed by atoms with E-state index in [1.807, 2.05) is 30.5 Å². The summed E-state index contributed by atoms with van der Waals surface area (Å²) < 4.78 is 0. The molecule has 19 heavy (non-hydrogen) atoms. The normalized spacial score (nSPS) is 17.9. The Morgan fingerprint density at radius 3 is 2.74 bits per heavy atom. The van der Waals surface area contributed by atoms with Crippen LogP contribution in [-0.2, 0) is 6.54 Å². The van der Waals surface area contributed by atoms with Gasteiger partial charge in [-0.2, -0.15) is 0 Å². The van der Waals surface area contributed by atoms with E-state index < -0.39 is 0 Å². The summed E-state index contributed by atoms with van der Waals surface area (Å²) in [4.78, 5) is 9.10. The van der Waals surface area contributed by atoms with E-state index in [0.717, 1.165) is 29.2 Å². The molecule has 0 bridgehead atoms. The highest BCUT2D eigenvalue weighted by Gasteiger charge is 2.20. The van der Waals surface area contributed by atoms with Gasteiger partial charge in [-0.1, -0.05) is 25.0 Å². The molecule has 3 rings (SSSR count). The average molecular weight is 255 g/mol. The van der Waals surface area contributed by atoms with Gasteiger partial charge in [0.05, 0.1) is 22.9 Å². The molecular weight excluding hydrogens is 234 g/mol. The molecule has 0 aliphatic heterocycles. The number of para-hydroxylation sites is 2. The second-order valence-electron chi connectivity index (χ2n) is 5.56. The van der Waals surface area contributed by atoms with Gasteiger partial charge in [-0.25, -0.2) is 4.98 Å². The minimum Gasteiger partial charge on any atom is -0.308 e. The van der Waals surface area contributed by atoms with Crippen molar-refractivity contribution in [2.75, 3.05) is 0 Å². The molecule has 1 aromatic carbocycles. The fourth-order valence-corrected chi connectivity index (χ4v) is 2.97. The first-order valence-electron chi connectivity index (χ1n) is 7.27. The van der Waals surface area contributed by atoms with E-state index in [-0.39, 0.29) is 0 Å². The summed E-state index contributed by atoms with van der Waals surface area (Å²) in [6.07, 6.45) is 7.42. The summed E-state index contributed by atoms with van der Waals surface area (Å²) in [5.74, 6) is 0.841. The third-order valence-corrected chi connectivity index (χ3v) is 4.21. The Kier molecular flexibility index (Phi) is 3.74. The molecule has 1 aliphatic carbocycles. The molecule has 1 fully saturated rings. The largest absolute Gasteiger partial charge is 0.308 e. The molecule has 0 radical (unpaired) electrons. The summed E-state index contributed by atoms with van der Waals surface area (Å²) in [6.45, 7) is 3.11. The van der Waals surface area contributed by atoms with E-state index in [1.165, 1.54) is 25.7 Å². The van der Waals surface area contributed by atoms with Crippen molar-refractivity contribution in [3.63, 3.8) is 0 Å². The standard InChI is InChI=1S/C16H21N3/c1-12(13-6-2-3-7-13)17-10-14-11-18-15-8-4-5-9-16(15)19-14/h4-5,8-9,11-13,17H,2-3,6-7,10H2,1H3. The molecule has 1 aliphatic rings. The zero-order valence-electron chi connectivity index (χ0n) is 11.5. The minimum absolute atomic E-state index is 0.579. The van der Waals surface area contributed by atoms with Crippen LogP contribution in [0.5, 0.6) is 0 Å². The maximum absolute atomic E-state index is 4.65. The molecule has 1 heterocycles. The number of benzene rings is 1. The molecular formula is C16H21N3. The van der Waals surface area contributed by atoms with Gasteiger partial charge < -0.3 is 5.32 Å². The minimum atomic E-state index is 0.579. The molecule has 1 saturated carbocycles. The second kappa shape index (κ2) is 5.66. The van der Waals surface area contributed by atoms with Gasteiger partial charge in [-0.3, -0.25) is 4.98 Å². The Bertz CT molecular complexity index is 546. The molecule has 0 amide bonds. The Hall–Kier alpha value is -1.48. The van der Waals surface area contributed by atoms with Gasteiger partial charge in [0.25, 0.3) is 0 Å². The maximum Gasteiger partial charge on any atom is 0.0890 e. The Balaban J connectivity index is 1.64. The first kappa shape index (κ1) is 12.5. The highest BCUT2D eigenvalue weighted by molar-refractivity contribution is 5.73. The highest BCUT2D eigenvalue weighted by Crippen LogP contribution is 2.27. The number of rotatable bonds is 4. The predicted molar refractivity (Wildman–Crippen MR) is 77.8 cm³/mol. The van der Waals surface area contributed by atoms with Crippen LogP contribution in [0.2, 0.25) is 0 Å². The van der Waals surface area contributed by atoms with Gasteiger partial charge in [0.15, 0.2) is 0 Å². The topological polar surface area (TPSA) is 37.8 Å². The summed E-state index contributed by atoms with van der Waals surface area (Å²) in [5, 5.41) is 3.60. The van der Waals surface area contributed by atoms with Gasteiger partial charge in [0.1, 0.15) is 0 Å². The molecule has 1 aromatic heterocycles. The summed E-state index contributed by atoms with van der Waals surface area (Å²) in [6, 6.07) is 8.61. The Morgan fingerprint density at radius 2 is 1.95 bits per heavy atom. The third kappa shape index (κ3) is 2.92. The first-order valence-corrected chi connectivity index (χ1v) is 7.27. The van der Waals surface area contributed by atoms with Crippen LogP contribution < -0.4 is 5.32 Å². The van der Waals surface area contributed by atoms with Crippen LogP contribution >= 0.6 is 0 Å². The van der Waals surface area contributed by atoms with Crippen molar-refractivity contribution >= 4 is 11.0 Å². The van der Waals surface area contributed by atoms with E-state index in [0.29, 0.717) is 6.04 Å². The van der Waals surface area contributed by atoms with Crippen molar-refractivity contribution in [2.45, 2.75) is 45.2 Å². The number of aromatic nitrogens is 2. The van der Waals surface area contributed by atoms with Crippen LogP contribution in [0, 0.1) is 5.92 Å². The van der Waals surface area contributed by atoms with Crippen LogP contribution in [0.1, 0.15) is 38.3 Å². The molecule has 3 nitrogen and oxygen atoms in total. The second-order valence-corrected chi connectivity index (χ2v) is 5.56. The van der Waals surface area contributed by atoms with Gasteiger partial charge in [-0.05, 0) is 37.8 Å². The van der Waals surface area contributed by atoms with Gasteiger partial charge >= 0.3 is 0 Å². The Morgan fingerprint density at radius 1 is 1.21 bits per heavy atom. The van der Waals surface area contributed by atoms with Crippen LogP contribution in [0.15, 0.2) is 30.5 Å². The number of nitrogens with one attached hydrogen (secondary N) is 1. The lowest BCUT2D eigenvalue weighted by atomic mass is 10.00. The highest BCUT2D eigenvalue weighted by atomic mass is 14.9. The van der Waals surface area contributed by atoms with E-state index in [4.69, 9.17) is 0 Å². The maximum atomic E-state index is 4.65. The summed E-state index contributed by atoms with van der Waals surface area (Å²) in [7, 11) is 0. The summed E-state index contributed by atoms with van der Waals surface area (Å²) in [5.41, 5.74) is 2.98. The fourth-order valence-electron chi connectivity index (χ4n) is 2.97. The van der Waals surface area contributed by atoms with E-state index >= 15 is 0 Å². The fraction of sp³-hybridized carbons (Fsp3) is 0.500. The van der Waals surface area contributed by atoms with E-state index in [9.17, 15) is 0 Å². The lowest BCUT2D eigenvalue weighted by Gasteiger charge is -2.20. The first-order chi connectivity index (χ1) is 9.33. The SMILES string of the molecule is CC(NCc1cnc2ccccc2n1)C1CCCC1. The molecule has 0 saturated heterocycles. The lowest BCUT2D eigenvalue weighted by Crippen LogP contribution is -2.32. The summed E-state index contributed by atoms with van der Waals surface area (Å²) >= 11 is 0. The van der Waals surface area contributed by atoms with Gasteiger partial charge in [0.2, 0.25) is 0 Å². The van der Waals surface area contributed by atoms with E-state index in [1.54, 1.807) is 0 Å². The van der Waals surface area contributed by atoms with Crippen LogP contribution in [0.4, 0.5) is 0 Å². The monoisotopic (exact) mass is 255 g/mol. The molecule has 2 aromatic rings. The molecule has 1 N–H and O–H groups in total. The number of fused-ring (bicyclic) bond motifs is 1. The predicted octanol–water partition coefficient (Wildman–Crippen LogP) is 3.30. The van der Waals surface area contributed by atoms with Gasteiger partial charge in [-0.15, -0.1) is 0 Å². The zero-order chi connectivity index (χ0) is 13.1. The van der Waals surface area contributed by atoms with Crippen LogP contribution in [0.3, 0.4) is 0 Å². The van der Waals surface area contributed by atoms with Gasteiger partial charge in [0, 0.05) is 12.6 Å². The van der Waals surface area contributed by atoms with Crippen LogP contribution in [0.25, 0.3) is 11.0 Å². The van der Waals surface area contributed by atoms with E-state index in [2.05, 4.69) is 22.2 Å². The average Bonchev–Trinajstić information content (AvgIpc) is 2.99. The molecule has 0 spiro atoms. The molecule has 3 heteroatoms. The number of hydrogen-bond acceptors (Lipinski definition) is 3. The van der Waals surface area contributed by atoms with Crippen molar-refractivity contribution in [1.82, 2.24) is 15.3 Å². The number of nitrogens with zero attached hydrogens (tertiary/aromatic N) is 2. The molecule has 100 valence electrons. The molecule has 1 unspecified atom stereocenters. The molecule has 1 atom stereocenters. The lowest BCUT2D eigenvalue weighted by molar-refractivity contribution is 0.379. The van der Waals surface area contributed by atoms with Crippen molar-refractivity contribution in [2.24, 2.45) is 5.92 Å². The van der Waals surface area contributed by atoms with Crippen molar-refractivity contribution in [3.8, 4) is 0 Å². The number of hydrogen-bond donors (Lipinski definition) is 1. The van der Waals surface area contributed by atoms with Crippen molar-refractivity contribution in [3.05, 3.63) is 36.2 Å². The quantitative estimate of drug-likeness (QED) is 0.911. The smallest absolute Gasteiger partial charge is 0.0890 e. The van der Waals surface area contributed by atoms with Crippen molar-refractivity contribution in [1.29, 1.82) is 0 Å². The third-order valence-electron chi connectivity index (χ3n) is 4.21. The zero-order valence-corrected chi connectivity index (χ0v) is 11.5.